The summed E-state index contributed by atoms with van der Waals surface area (Å²) in [6.07, 6.45) is 5.54. The van der Waals surface area contributed by atoms with Gasteiger partial charge in [-0.05, 0) is 43.1 Å². The summed E-state index contributed by atoms with van der Waals surface area (Å²) in [4.78, 5) is 14.6. The molecule has 0 radical (unpaired) electrons. The van der Waals surface area contributed by atoms with Gasteiger partial charge in [0.1, 0.15) is 5.76 Å². The van der Waals surface area contributed by atoms with Gasteiger partial charge in [0.05, 0.1) is 0 Å². The van der Waals surface area contributed by atoms with Gasteiger partial charge in [0.2, 0.25) is 0 Å². The second-order valence-corrected chi connectivity index (χ2v) is 7.66. The van der Waals surface area contributed by atoms with Crippen LogP contribution in [0.3, 0.4) is 0 Å². The van der Waals surface area contributed by atoms with Crippen LogP contribution in [0.4, 0.5) is 0 Å². The average Bonchev–Trinajstić information content (AvgIpc) is 3.20. The smallest absolute Gasteiger partial charge is 0.276 e. The minimum atomic E-state index is 0.0223. The predicted molar refractivity (Wildman–Crippen MR) is 91.9 cm³/mol. The van der Waals surface area contributed by atoms with Gasteiger partial charge in [-0.25, -0.2) is 0 Å². The van der Waals surface area contributed by atoms with Crippen LogP contribution < -0.4 is 0 Å². The number of aromatic nitrogens is 1. The molecular formula is C20H24N2O2. The molecule has 4 rings (SSSR count). The fourth-order valence-corrected chi connectivity index (χ4v) is 3.60. The van der Waals surface area contributed by atoms with E-state index in [1.165, 1.54) is 5.56 Å². The number of hydrogen-bond acceptors (Lipinski definition) is 3. The average molecular weight is 324 g/mol. The van der Waals surface area contributed by atoms with Gasteiger partial charge in [-0.3, -0.25) is 4.79 Å². The molecular weight excluding hydrogens is 300 g/mol. The third-order valence-electron chi connectivity index (χ3n) is 5.43. The molecule has 4 heteroatoms. The standard InChI is InChI=1S/C20H24N2O2/c1-20(10-9-15-5-3-2-4-6-15)11-12-22(14-20)19(23)17-13-18(24-21-17)16-7-8-16/h2-6,13,16H,7-12,14H2,1H3/t20-/m1/s1. The van der Waals surface area contributed by atoms with Crippen molar-refractivity contribution < 1.29 is 9.32 Å². The fraction of sp³-hybridized carbons (Fsp3) is 0.500. The molecule has 1 atom stereocenters. The van der Waals surface area contributed by atoms with Crippen molar-refractivity contribution in [3.05, 3.63) is 53.4 Å². The molecule has 4 nitrogen and oxygen atoms in total. The van der Waals surface area contributed by atoms with E-state index in [1.807, 2.05) is 11.0 Å². The Morgan fingerprint density at radius 3 is 2.88 bits per heavy atom. The van der Waals surface area contributed by atoms with E-state index in [-0.39, 0.29) is 11.3 Å². The number of benzene rings is 1. The maximum Gasteiger partial charge on any atom is 0.276 e. The Kier molecular flexibility index (Phi) is 3.91. The summed E-state index contributed by atoms with van der Waals surface area (Å²) >= 11 is 0. The molecule has 24 heavy (non-hydrogen) atoms. The van der Waals surface area contributed by atoms with Crippen LogP contribution in [-0.2, 0) is 6.42 Å². The molecule has 1 amide bonds. The molecule has 1 aromatic carbocycles. The molecule has 0 spiro atoms. The van der Waals surface area contributed by atoms with Crippen LogP contribution in [0.15, 0.2) is 40.9 Å². The zero-order valence-corrected chi connectivity index (χ0v) is 14.2. The zero-order chi connectivity index (χ0) is 16.6. The summed E-state index contributed by atoms with van der Waals surface area (Å²) in [6, 6.07) is 12.4. The molecule has 1 saturated heterocycles. The zero-order valence-electron chi connectivity index (χ0n) is 14.2. The fourth-order valence-electron chi connectivity index (χ4n) is 3.60. The maximum atomic E-state index is 12.7. The third-order valence-corrected chi connectivity index (χ3v) is 5.43. The lowest BCUT2D eigenvalue weighted by atomic mass is 9.83. The number of nitrogens with zero attached hydrogens (tertiary/aromatic N) is 2. The van der Waals surface area contributed by atoms with E-state index < -0.39 is 0 Å². The van der Waals surface area contributed by atoms with Gasteiger partial charge in [-0.1, -0.05) is 42.4 Å². The van der Waals surface area contributed by atoms with Gasteiger partial charge in [0, 0.05) is 25.1 Å². The molecule has 1 aliphatic carbocycles. The van der Waals surface area contributed by atoms with Crippen LogP contribution in [0, 0.1) is 5.41 Å². The highest BCUT2D eigenvalue weighted by Crippen LogP contribution is 2.40. The number of carbonyl (C=O) groups is 1. The molecule has 0 bridgehead atoms. The highest BCUT2D eigenvalue weighted by Gasteiger charge is 2.37. The van der Waals surface area contributed by atoms with Crippen molar-refractivity contribution in [2.45, 2.75) is 44.9 Å². The number of carbonyl (C=O) groups excluding carboxylic acids is 1. The molecule has 126 valence electrons. The van der Waals surface area contributed by atoms with Crippen molar-refractivity contribution in [2.24, 2.45) is 5.41 Å². The Morgan fingerprint density at radius 2 is 2.12 bits per heavy atom. The third kappa shape index (κ3) is 3.23. The molecule has 1 saturated carbocycles. The van der Waals surface area contributed by atoms with Crippen molar-refractivity contribution in [2.75, 3.05) is 13.1 Å². The normalized spacial score (nSPS) is 23.6. The first-order chi connectivity index (χ1) is 11.6. The first-order valence-electron chi connectivity index (χ1n) is 8.93. The van der Waals surface area contributed by atoms with Gasteiger partial charge in [0.25, 0.3) is 5.91 Å². The Labute approximate surface area is 142 Å². The van der Waals surface area contributed by atoms with E-state index in [0.29, 0.717) is 11.6 Å². The van der Waals surface area contributed by atoms with Crippen molar-refractivity contribution >= 4 is 5.91 Å². The molecule has 0 unspecified atom stereocenters. The number of rotatable bonds is 5. The Bertz CT molecular complexity index is 720. The lowest BCUT2D eigenvalue weighted by molar-refractivity contribution is 0.0763. The van der Waals surface area contributed by atoms with E-state index in [2.05, 4.69) is 42.4 Å². The Hall–Kier alpha value is -2.10. The van der Waals surface area contributed by atoms with Gasteiger partial charge in [0.15, 0.2) is 5.69 Å². The lowest BCUT2D eigenvalue weighted by Gasteiger charge is -2.24. The summed E-state index contributed by atoms with van der Waals surface area (Å²) in [7, 11) is 0. The summed E-state index contributed by atoms with van der Waals surface area (Å²) in [5.41, 5.74) is 2.03. The van der Waals surface area contributed by atoms with Crippen molar-refractivity contribution in [3.63, 3.8) is 0 Å². The highest BCUT2D eigenvalue weighted by atomic mass is 16.5. The lowest BCUT2D eigenvalue weighted by Crippen LogP contribution is -2.31. The number of aryl methyl sites for hydroxylation is 1. The highest BCUT2D eigenvalue weighted by molar-refractivity contribution is 5.92. The number of hydrogen-bond donors (Lipinski definition) is 0. The van der Waals surface area contributed by atoms with Crippen LogP contribution in [0.25, 0.3) is 0 Å². The minimum Gasteiger partial charge on any atom is -0.360 e. The SMILES string of the molecule is C[C@@]1(CCc2ccccc2)CCN(C(=O)c2cc(C3CC3)on2)C1. The van der Waals surface area contributed by atoms with Gasteiger partial charge < -0.3 is 9.42 Å². The molecule has 1 aliphatic heterocycles. The van der Waals surface area contributed by atoms with E-state index >= 15 is 0 Å². The summed E-state index contributed by atoms with van der Waals surface area (Å²) in [6.45, 7) is 3.92. The molecule has 2 aromatic rings. The van der Waals surface area contributed by atoms with Crippen molar-refractivity contribution in [1.29, 1.82) is 0 Å². The van der Waals surface area contributed by atoms with Crippen molar-refractivity contribution in [3.8, 4) is 0 Å². The van der Waals surface area contributed by atoms with E-state index in [9.17, 15) is 4.79 Å². The number of amides is 1. The summed E-state index contributed by atoms with van der Waals surface area (Å²) in [5, 5.41) is 4.00. The molecule has 2 aliphatic rings. The van der Waals surface area contributed by atoms with E-state index in [0.717, 1.165) is 51.0 Å². The van der Waals surface area contributed by atoms with E-state index in [4.69, 9.17) is 4.52 Å². The molecule has 2 heterocycles. The number of likely N-dealkylation sites (tertiary alicyclic amines) is 1. The van der Waals surface area contributed by atoms with Gasteiger partial charge in [-0.15, -0.1) is 0 Å². The van der Waals surface area contributed by atoms with Crippen LogP contribution in [-0.4, -0.2) is 29.1 Å². The Balaban J connectivity index is 1.36. The van der Waals surface area contributed by atoms with Crippen molar-refractivity contribution in [1.82, 2.24) is 10.1 Å². The van der Waals surface area contributed by atoms with Crippen LogP contribution >= 0.6 is 0 Å². The molecule has 1 aromatic heterocycles. The first-order valence-corrected chi connectivity index (χ1v) is 8.93. The second kappa shape index (κ2) is 6.08. The largest absolute Gasteiger partial charge is 0.360 e. The maximum absolute atomic E-state index is 12.7. The Morgan fingerprint density at radius 1 is 1.33 bits per heavy atom. The minimum absolute atomic E-state index is 0.0223. The topological polar surface area (TPSA) is 46.3 Å². The van der Waals surface area contributed by atoms with Crippen LogP contribution in [0.5, 0.6) is 0 Å². The summed E-state index contributed by atoms with van der Waals surface area (Å²) in [5.74, 6) is 1.40. The first kappa shape index (κ1) is 15.4. The quantitative estimate of drug-likeness (QED) is 0.834. The summed E-state index contributed by atoms with van der Waals surface area (Å²) < 4.78 is 5.33. The molecule has 0 N–H and O–H groups in total. The van der Waals surface area contributed by atoms with Gasteiger partial charge >= 0.3 is 0 Å². The monoisotopic (exact) mass is 324 g/mol. The van der Waals surface area contributed by atoms with Crippen LogP contribution in [0.1, 0.15) is 60.3 Å². The molecule has 2 fully saturated rings. The predicted octanol–water partition coefficient (Wildman–Crippen LogP) is 4.04. The van der Waals surface area contributed by atoms with Crippen LogP contribution in [0.2, 0.25) is 0 Å². The van der Waals surface area contributed by atoms with E-state index in [1.54, 1.807) is 0 Å². The second-order valence-electron chi connectivity index (χ2n) is 7.66. The van der Waals surface area contributed by atoms with Gasteiger partial charge in [-0.2, -0.15) is 0 Å².